The Labute approximate surface area is 106 Å². The van der Waals surface area contributed by atoms with Crippen molar-refractivity contribution in [2.24, 2.45) is 5.92 Å². The van der Waals surface area contributed by atoms with Gasteiger partial charge in [-0.05, 0) is 24.5 Å². The van der Waals surface area contributed by atoms with Crippen LogP contribution in [0.1, 0.15) is 37.1 Å². The molecule has 1 aliphatic heterocycles. The van der Waals surface area contributed by atoms with Crippen LogP contribution in [-0.2, 0) is 22.6 Å². The maximum absolute atomic E-state index is 11.9. The summed E-state index contributed by atoms with van der Waals surface area (Å²) in [5.41, 5.74) is 1.33. The van der Waals surface area contributed by atoms with Gasteiger partial charge in [-0.1, -0.05) is 20.3 Å². The van der Waals surface area contributed by atoms with Crippen LogP contribution in [0.25, 0.3) is 0 Å². The number of fused-ring (bicyclic) bond motifs is 1. The standard InChI is InChI=1S/C13H19NO2S/c1-3-4-9(2)13(15)14-12-7-10-5-6-16-8-11(10)17-12/h7,9H,3-6,8H2,1-2H3,(H,14,15). The van der Waals surface area contributed by atoms with E-state index in [-0.39, 0.29) is 11.8 Å². The van der Waals surface area contributed by atoms with Crippen LogP contribution in [0.3, 0.4) is 0 Å². The number of amides is 1. The molecule has 4 heteroatoms. The second kappa shape index (κ2) is 5.65. The summed E-state index contributed by atoms with van der Waals surface area (Å²) in [6, 6.07) is 2.10. The van der Waals surface area contributed by atoms with Crippen molar-refractivity contribution in [2.45, 2.75) is 39.7 Å². The summed E-state index contributed by atoms with van der Waals surface area (Å²) in [6.45, 7) is 5.57. The number of hydrogen-bond acceptors (Lipinski definition) is 3. The van der Waals surface area contributed by atoms with E-state index in [1.165, 1.54) is 10.4 Å². The molecule has 1 N–H and O–H groups in total. The van der Waals surface area contributed by atoms with E-state index in [0.29, 0.717) is 6.61 Å². The lowest BCUT2D eigenvalue weighted by Gasteiger charge is -2.10. The molecule has 94 valence electrons. The third-order valence-corrected chi connectivity index (χ3v) is 4.13. The third-order valence-electron chi connectivity index (χ3n) is 3.06. The van der Waals surface area contributed by atoms with Crippen molar-refractivity contribution < 1.29 is 9.53 Å². The van der Waals surface area contributed by atoms with Gasteiger partial charge in [0, 0.05) is 10.8 Å². The maximum Gasteiger partial charge on any atom is 0.227 e. The van der Waals surface area contributed by atoms with E-state index in [1.807, 2.05) is 6.92 Å². The molecule has 17 heavy (non-hydrogen) atoms. The molecule has 0 bridgehead atoms. The monoisotopic (exact) mass is 253 g/mol. The molecule has 3 nitrogen and oxygen atoms in total. The minimum absolute atomic E-state index is 0.0929. The molecular weight excluding hydrogens is 234 g/mol. The summed E-state index contributed by atoms with van der Waals surface area (Å²) < 4.78 is 5.40. The molecule has 0 radical (unpaired) electrons. The van der Waals surface area contributed by atoms with Gasteiger partial charge in [0.05, 0.1) is 18.2 Å². The van der Waals surface area contributed by atoms with Gasteiger partial charge in [0.1, 0.15) is 0 Å². The fraction of sp³-hybridized carbons (Fsp3) is 0.615. The summed E-state index contributed by atoms with van der Waals surface area (Å²) in [5.74, 6) is 0.224. The number of ether oxygens (including phenoxy) is 1. The molecule has 0 fully saturated rings. The van der Waals surface area contributed by atoms with Gasteiger partial charge in [0.15, 0.2) is 0 Å². The van der Waals surface area contributed by atoms with Crippen molar-refractivity contribution in [3.63, 3.8) is 0 Å². The minimum atomic E-state index is 0.0929. The van der Waals surface area contributed by atoms with Gasteiger partial charge in [-0.15, -0.1) is 11.3 Å². The van der Waals surface area contributed by atoms with Gasteiger partial charge in [0.25, 0.3) is 0 Å². The minimum Gasteiger partial charge on any atom is -0.376 e. The van der Waals surface area contributed by atoms with E-state index in [1.54, 1.807) is 11.3 Å². The van der Waals surface area contributed by atoms with Crippen molar-refractivity contribution in [1.82, 2.24) is 0 Å². The molecular formula is C13H19NO2S. The lowest BCUT2D eigenvalue weighted by molar-refractivity contribution is -0.119. The first-order valence-corrected chi connectivity index (χ1v) is 7.02. The molecule has 0 aromatic carbocycles. The number of hydrogen-bond donors (Lipinski definition) is 1. The van der Waals surface area contributed by atoms with Crippen molar-refractivity contribution in [2.75, 3.05) is 11.9 Å². The lowest BCUT2D eigenvalue weighted by Crippen LogP contribution is -2.19. The van der Waals surface area contributed by atoms with Gasteiger partial charge >= 0.3 is 0 Å². The molecule has 1 amide bonds. The Morgan fingerprint density at radius 1 is 1.65 bits per heavy atom. The number of anilines is 1. The van der Waals surface area contributed by atoms with Crippen molar-refractivity contribution in [3.8, 4) is 0 Å². The second-order valence-corrected chi connectivity index (χ2v) is 5.68. The van der Waals surface area contributed by atoms with Crippen LogP contribution >= 0.6 is 11.3 Å². The van der Waals surface area contributed by atoms with E-state index < -0.39 is 0 Å². The third kappa shape index (κ3) is 3.07. The van der Waals surface area contributed by atoms with E-state index in [4.69, 9.17) is 4.74 Å². The van der Waals surface area contributed by atoms with E-state index >= 15 is 0 Å². The lowest BCUT2D eigenvalue weighted by atomic mass is 10.1. The van der Waals surface area contributed by atoms with Crippen LogP contribution in [0.2, 0.25) is 0 Å². The molecule has 1 atom stereocenters. The quantitative estimate of drug-likeness (QED) is 0.895. The predicted molar refractivity (Wildman–Crippen MR) is 70.4 cm³/mol. The van der Waals surface area contributed by atoms with Crippen molar-refractivity contribution >= 4 is 22.2 Å². The number of rotatable bonds is 4. The van der Waals surface area contributed by atoms with Gasteiger partial charge in [-0.25, -0.2) is 0 Å². The fourth-order valence-corrected chi connectivity index (χ4v) is 3.07. The Morgan fingerprint density at radius 3 is 3.18 bits per heavy atom. The molecule has 1 aliphatic rings. The molecule has 2 rings (SSSR count). The molecule has 0 saturated heterocycles. The van der Waals surface area contributed by atoms with Gasteiger partial charge in [0.2, 0.25) is 5.91 Å². The molecule has 1 aromatic heterocycles. The van der Waals surface area contributed by atoms with Crippen LogP contribution in [0.5, 0.6) is 0 Å². The second-order valence-electron chi connectivity index (χ2n) is 4.54. The Bertz CT molecular complexity index is 377. The highest BCUT2D eigenvalue weighted by molar-refractivity contribution is 7.16. The van der Waals surface area contributed by atoms with Crippen LogP contribution in [-0.4, -0.2) is 12.5 Å². The average Bonchev–Trinajstić information content (AvgIpc) is 2.71. The highest BCUT2D eigenvalue weighted by Gasteiger charge is 2.17. The molecule has 0 saturated carbocycles. The van der Waals surface area contributed by atoms with Crippen LogP contribution < -0.4 is 5.32 Å². The Balaban J connectivity index is 1.99. The summed E-state index contributed by atoms with van der Waals surface area (Å²) in [7, 11) is 0. The number of carbonyl (C=O) groups is 1. The summed E-state index contributed by atoms with van der Waals surface area (Å²) >= 11 is 1.64. The molecule has 2 heterocycles. The zero-order chi connectivity index (χ0) is 12.3. The highest BCUT2D eigenvalue weighted by Crippen LogP contribution is 2.31. The fourth-order valence-electron chi connectivity index (χ4n) is 2.02. The topological polar surface area (TPSA) is 38.3 Å². The number of carbonyl (C=O) groups excluding carboxylic acids is 1. The first-order chi connectivity index (χ1) is 8.20. The Kier molecular flexibility index (Phi) is 4.18. The smallest absolute Gasteiger partial charge is 0.227 e. The Morgan fingerprint density at radius 2 is 2.47 bits per heavy atom. The van der Waals surface area contributed by atoms with E-state index in [2.05, 4.69) is 18.3 Å². The van der Waals surface area contributed by atoms with Crippen molar-refractivity contribution in [3.05, 3.63) is 16.5 Å². The first-order valence-electron chi connectivity index (χ1n) is 6.21. The zero-order valence-corrected chi connectivity index (χ0v) is 11.2. The first kappa shape index (κ1) is 12.6. The SMILES string of the molecule is CCCC(C)C(=O)Nc1cc2c(s1)COCC2. The zero-order valence-electron chi connectivity index (χ0n) is 10.4. The molecule has 0 spiro atoms. The van der Waals surface area contributed by atoms with Crippen molar-refractivity contribution in [1.29, 1.82) is 0 Å². The predicted octanol–water partition coefficient (Wildman–Crippen LogP) is 3.20. The average molecular weight is 253 g/mol. The van der Waals surface area contributed by atoms with E-state index in [0.717, 1.165) is 30.9 Å². The van der Waals surface area contributed by atoms with Crippen LogP contribution in [0.15, 0.2) is 6.07 Å². The van der Waals surface area contributed by atoms with Crippen LogP contribution in [0.4, 0.5) is 5.00 Å². The normalized spacial score (nSPS) is 16.4. The van der Waals surface area contributed by atoms with Gasteiger partial charge in [-0.3, -0.25) is 4.79 Å². The summed E-state index contributed by atoms with van der Waals surface area (Å²) in [4.78, 5) is 13.1. The van der Waals surface area contributed by atoms with E-state index in [9.17, 15) is 4.79 Å². The van der Waals surface area contributed by atoms with Gasteiger partial charge < -0.3 is 10.1 Å². The number of thiophene rings is 1. The maximum atomic E-state index is 11.9. The Hall–Kier alpha value is -0.870. The molecule has 1 unspecified atom stereocenters. The molecule has 0 aliphatic carbocycles. The largest absolute Gasteiger partial charge is 0.376 e. The molecule has 1 aromatic rings. The highest BCUT2D eigenvalue weighted by atomic mass is 32.1. The summed E-state index contributed by atoms with van der Waals surface area (Å²) in [5, 5.41) is 3.97. The van der Waals surface area contributed by atoms with Gasteiger partial charge in [-0.2, -0.15) is 0 Å². The summed E-state index contributed by atoms with van der Waals surface area (Å²) in [6.07, 6.45) is 2.95. The van der Waals surface area contributed by atoms with Crippen LogP contribution in [0, 0.1) is 5.92 Å². The number of nitrogens with one attached hydrogen (secondary N) is 1.